The van der Waals surface area contributed by atoms with Crippen LogP contribution in [0.3, 0.4) is 0 Å². The molecule has 0 N–H and O–H groups in total. The molecule has 1 amide bonds. The van der Waals surface area contributed by atoms with E-state index in [1.807, 2.05) is 17.5 Å². The highest BCUT2D eigenvalue weighted by Crippen LogP contribution is 2.34. The second-order valence-electron chi connectivity index (χ2n) is 4.53. The summed E-state index contributed by atoms with van der Waals surface area (Å²) in [6.45, 7) is 1.37. The first kappa shape index (κ1) is 14.2. The zero-order chi connectivity index (χ0) is 15.7. The molecule has 1 atom stereocenters. The molecule has 1 aromatic carbocycles. The third-order valence-electron chi connectivity index (χ3n) is 3.08. The van der Waals surface area contributed by atoms with Crippen LogP contribution in [0.4, 0.5) is 5.69 Å². The summed E-state index contributed by atoms with van der Waals surface area (Å²) in [4.78, 5) is 23.2. The van der Waals surface area contributed by atoms with Crippen molar-refractivity contribution in [3.05, 3.63) is 62.3 Å². The Balaban J connectivity index is 2.01. The molecule has 0 spiro atoms. The zero-order valence-corrected chi connectivity index (χ0v) is 12.3. The predicted molar refractivity (Wildman–Crippen MR) is 80.3 cm³/mol. The number of carbonyl (C=O) groups is 1. The lowest BCUT2D eigenvalue weighted by molar-refractivity contribution is -0.385. The molecular weight excluding hydrogens is 306 g/mol. The van der Waals surface area contributed by atoms with Gasteiger partial charge in [0.25, 0.3) is 5.69 Å². The van der Waals surface area contributed by atoms with Gasteiger partial charge in [0.1, 0.15) is 5.56 Å². The van der Waals surface area contributed by atoms with Gasteiger partial charge in [-0.15, -0.1) is 16.4 Å². The molecule has 0 saturated heterocycles. The molecule has 3 rings (SSSR count). The molecule has 0 radical (unpaired) electrons. The van der Waals surface area contributed by atoms with E-state index in [0.717, 1.165) is 4.88 Å². The molecule has 1 aromatic heterocycles. The molecule has 1 aliphatic heterocycles. The van der Waals surface area contributed by atoms with Gasteiger partial charge in [0, 0.05) is 13.0 Å². The minimum atomic E-state index is -0.688. The van der Waals surface area contributed by atoms with E-state index in [-0.39, 0.29) is 23.1 Å². The summed E-state index contributed by atoms with van der Waals surface area (Å²) in [5.41, 5.74) is 0.134. The summed E-state index contributed by atoms with van der Waals surface area (Å²) in [5.74, 6) is -0.229. The molecule has 22 heavy (non-hydrogen) atoms. The third-order valence-corrected chi connectivity index (χ3v) is 3.99. The number of hydrazone groups is 1. The highest BCUT2D eigenvalue weighted by molar-refractivity contribution is 7.10. The second kappa shape index (κ2) is 5.57. The van der Waals surface area contributed by atoms with E-state index in [0.29, 0.717) is 0 Å². The molecule has 8 heteroatoms. The topological polar surface area (TPSA) is 85.0 Å². The van der Waals surface area contributed by atoms with E-state index in [1.54, 1.807) is 18.2 Å². The van der Waals surface area contributed by atoms with Crippen LogP contribution in [0, 0.1) is 10.1 Å². The number of benzene rings is 1. The van der Waals surface area contributed by atoms with Crippen molar-refractivity contribution >= 4 is 28.8 Å². The Bertz CT molecular complexity index is 757. The van der Waals surface area contributed by atoms with Gasteiger partial charge in [-0.1, -0.05) is 18.2 Å². The first-order chi connectivity index (χ1) is 10.6. The Morgan fingerprint density at radius 1 is 1.36 bits per heavy atom. The number of hydrogen-bond acceptors (Lipinski definition) is 6. The SMILES string of the molecule is CC(=O)N1N=C(c2ccccc2[N+](=O)[O-])O[C@@H]1c1cccs1. The Morgan fingerprint density at radius 2 is 2.14 bits per heavy atom. The minimum Gasteiger partial charge on any atom is -0.445 e. The van der Waals surface area contributed by atoms with Crippen LogP contribution in [0.25, 0.3) is 0 Å². The van der Waals surface area contributed by atoms with Gasteiger partial charge in [-0.25, -0.2) is 0 Å². The summed E-state index contributed by atoms with van der Waals surface area (Å²) >= 11 is 1.42. The van der Waals surface area contributed by atoms with Crippen LogP contribution < -0.4 is 0 Å². The maximum atomic E-state index is 11.8. The van der Waals surface area contributed by atoms with E-state index in [4.69, 9.17) is 4.74 Å². The van der Waals surface area contributed by atoms with Crippen molar-refractivity contribution in [3.63, 3.8) is 0 Å². The smallest absolute Gasteiger partial charge is 0.282 e. The quantitative estimate of drug-likeness (QED) is 0.643. The van der Waals surface area contributed by atoms with Crippen molar-refractivity contribution in [1.82, 2.24) is 5.01 Å². The Labute approximate surface area is 129 Å². The van der Waals surface area contributed by atoms with Crippen molar-refractivity contribution < 1.29 is 14.5 Å². The molecule has 2 aromatic rings. The van der Waals surface area contributed by atoms with Crippen LogP contribution in [-0.4, -0.2) is 21.7 Å². The van der Waals surface area contributed by atoms with Gasteiger partial charge >= 0.3 is 0 Å². The molecule has 112 valence electrons. The van der Waals surface area contributed by atoms with Gasteiger partial charge in [0.2, 0.25) is 18.0 Å². The van der Waals surface area contributed by atoms with E-state index in [1.165, 1.54) is 29.3 Å². The highest BCUT2D eigenvalue weighted by Gasteiger charge is 2.35. The summed E-state index contributed by atoms with van der Waals surface area (Å²) in [6.07, 6.45) is -0.688. The maximum Gasteiger partial charge on any atom is 0.282 e. The maximum absolute atomic E-state index is 11.8. The Morgan fingerprint density at radius 3 is 2.77 bits per heavy atom. The monoisotopic (exact) mass is 317 g/mol. The first-order valence-electron chi connectivity index (χ1n) is 6.40. The number of thiophene rings is 1. The van der Waals surface area contributed by atoms with Crippen molar-refractivity contribution in [1.29, 1.82) is 0 Å². The molecule has 7 nitrogen and oxygen atoms in total. The zero-order valence-electron chi connectivity index (χ0n) is 11.5. The van der Waals surface area contributed by atoms with Crippen LogP contribution in [0.15, 0.2) is 46.9 Å². The average Bonchev–Trinajstić information content (AvgIpc) is 3.16. The predicted octanol–water partition coefficient (Wildman–Crippen LogP) is 2.90. The van der Waals surface area contributed by atoms with Crippen LogP contribution in [-0.2, 0) is 9.53 Å². The molecule has 0 fully saturated rings. The number of carbonyl (C=O) groups excluding carboxylic acids is 1. The number of nitro benzene ring substituents is 1. The fraction of sp³-hybridized carbons (Fsp3) is 0.143. The van der Waals surface area contributed by atoms with Crippen LogP contribution in [0.2, 0.25) is 0 Å². The largest absolute Gasteiger partial charge is 0.445 e. The lowest BCUT2D eigenvalue weighted by atomic mass is 10.2. The lowest BCUT2D eigenvalue weighted by Crippen LogP contribution is -2.24. The molecule has 0 bridgehead atoms. The normalized spacial score (nSPS) is 17.0. The van der Waals surface area contributed by atoms with Crippen LogP contribution in [0.1, 0.15) is 23.6 Å². The van der Waals surface area contributed by atoms with Gasteiger partial charge in [-0.3, -0.25) is 14.9 Å². The van der Waals surface area contributed by atoms with Crippen molar-refractivity contribution in [2.45, 2.75) is 13.2 Å². The first-order valence-corrected chi connectivity index (χ1v) is 7.28. The molecule has 2 heterocycles. The van der Waals surface area contributed by atoms with Gasteiger partial charge < -0.3 is 4.74 Å². The van der Waals surface area contributed by atoms with Gasteiger partial charge in [0.05, 0.1) is 9.80 Å². The number of nitro groups is 1. The number of amides is 1. The average molecular weight is 317 g/mol. The Hall–Kier alpha value is -2.74. The highest BCUT2D eigenvalue weighted by atomic mass is 32.1. The van der Waals surface area contributed by atoms with E-state index < -0.39 is 11.2 Å². The fourth-order valence-electron chi connectivity index (χ4n) is 2.11. The number of ether oxygens (including phenoxy) is 1. The number of rotatable bonds is 3. The number of nitrogens with zero attached hydrogens (tertiary/aromatic N) is 3. The van der Waals surface area contributed by atoms with Gasteiger partial charge in [-0.2, -0.15) is 5.01 Å². The van der Waals surface area contributed by atoms with Gasteiger partial charge in [-0.05, 0) is 17.5 Å². The lowest BCUT2D eigenvalue weighted by Gasteiger charge is -2.17. The molecule has 0 unspecified atom stereocenters. The van der Waals surface area contributed by atoms with Crippen LogP contribution in [0.5, 0.6) is 0 Å². The molecule has 0 aliphatic carbocycles. The van der Waals surface area contributed by atoms with E-state index in [9.17, 15) is 14.9 Å². The summed E-state index contributed by atoms with van der Waals surface area (Å²) < 4.78 is 5.72. The van der Waals surface area contributed by atoms with E-state index >= 15 is 0 Å². The summed E-state index contributed by atoms with van der Waals surface area (Å²) in [5, 5.41) is 18.3. The minimum absolute atomic E-state index is 0.0703. The number of para-hydroxylation sites is 1. The molecular formula is C14H11N3O4S. The van der Waals surface area contributed by atoms with Crippen molar-refractivity contribution in [3.8, 4) is 0 Å². The third kappa shape index (κ3) is 2.44. The Kier molecular flexibility index (Phi) is 3.60. The summed E-state index contributed by atoms with van der Waals surface area (Å²) in [6, 6.07) is 9.80. The molecule has 1 aliphatic rings. The fourth-order valence-corrected chi connectivity index (χ4v) is 2.84. The number of hydrogen-bond donors (Lipinski definition) is 0. The standard InChI is InChI=1S/C14H11N3O4S/c1-9(18)16-14(12-7-4-8-22-12)21-13(15-16)10-5-2-3-6-11(10)17(19)20/h2-8,14H,1H3/t14-/m1/s1. The van der Waals surface area contributed by atoms with Gasteiger partial charge in [0.15, 0.2) is 0 Å². The molecule has 0 saturated carbocycles. The van der Waals surface area contributed by atoms with Crippen LogP contribution >= 0.6 is 11.3 Å². The van der Waals surface area contributed by atoms with E-state index in [2.05, 4.69) is 5.10 Å². The van der Waals surface area contributed by atoms with Crippen molar-refractivity contribution in [2.75, 3.05) is 0 Å². The van der Waals surface area contributed by atoms with Crippen molar-refractivity contribution in [2.24, 2.45) is 5.10 Å². The second-order valence-corrected chi connectivity index (χ2v) is 5.51. The summed E-state index contributed by atoms with van der Waals surface area (Å²) in [7, 11) is 0.